The van der Waals surface area contributed by atoms with Gasteiger partial charge in [0.25, 0.3) is 5.91 Å². The minimum absolute atomic E-state index is 0.134. The molecule has 0 saturated carbocycles. The average molecular weight is 370 g/mol. The molecule has 2 heterocycles. The van der Waals surface area contributed by atoms with Gasteiger partial charge in [-0.25, -0.2) is 0 Å². The molecule has 26 heavy (non-hydrogen) atoms. The number of furan rings is 1. The molecule has 6 heteroatoms. The smallest absolute Gasteiger partial charge is 0.287 e. The van der Waals surface area contributed by atoms with Crippen molar-refractivity contribution in [2.24, 2.45) is 0 Å². The molecular formula is C20H22N2O3S. The second-order valence-corrected chi connectivity index (χ2v) is 7.05. The lowest BCUT2D eigenvalue weighted by Crippen LogP contribution is -2.34. The summed E-state index contributed by atoms with van der Waals surface area (Å²) in [6, 6.07) is 17.2. The molecule has 0 bridgehead atoms. The number of para-hydroxylation sites is 1. The van der Waals surface area contributed by atoms with E-state index in [1.807, 2.05) is 55.9 Å². The van der Waals surface area contributed by atoms with Gasteiger partial charge in [0, 0.05) is 11.4 Å². The van der Waals surface area contributed by atoms with Crippen LogP contribution in [0.1, 0.15) is 27.2 Å². The second kappa shape index (κ2) is 8.69. The normalized spacial score (nSPS) is 12.1. The average Bonchev–Trinajstić information content (AvgIpc) is 3.33. The zero-order chi connectivity index (χ0) is 18.4. The molecule has 0 fully saturated rings. The molecule has 3 aromatic rings. The largest absolute Gasteiger partial charge is 0.486 e. The Morgan fingerprint density at radius 3 is 2.65 bits per heavy atom. The quantitative estimate of drug-likeness (QED) is 0.652. The maximum Gasteiger partial charge on any atom is 0.287 e. The zero-order valence-corrected chi connectivity index (χ0v) is 15.7. The van der Waals surface area contributed by atoms with Crippen molar-refractivity contribution < 1.29 is 13.9 Å². The predicted octanol–water partition coefficient (Wildman–Crippen LogP) is 3.95. The Hall–Kier alpha value is -2.57. The van der Waals surface area contributed by atoms with Crippen LogP contribution in [0.4, 0.5) is 0 Å². The first kappa shape index (κ1) is 18.2. The van der Waals surface area contributed by atoms with E-state index in [0.29, 0.717) is 18.1 Å². The third kappa shape index (κ3) is 4.74. The molecular weight excluding hydrogens is 348 g/mol. The lowest BCUT2D eigenvalue weighted by molar-refractivity contribution is 0.0910. The van der Waals surface area contributed by atoms with Crippen molar-refractivity contribution >= 4 is 17.2 Å². The highest BCUT2D eigenvalue weighted by molar-refractivity contribution is 7.10. The van der Waals surface area contributed by atoms with E-state index >= 15 is 0 Å². The fraction of sp³-hybridized carbons (Fsp3) is 0.250. The Balaban J connectivity index is 1.54. The topological polar surface area (TPSA) is 54.7 Å². The third-order valence-corrected chi connectivity index (χ3v) is 4.93. The van der Waals surface area contributed by atoms with E-state index in [9.17, 15) is 4.79 Å². The molecule has 5 nitrogen and oxygen atoms in total. The van der Waals surface area contributed by atoms with E-state index in [0.717, 1.165) is 5.75 Å². The number of likely N-dealkylation sites (N-methyl/N-ethyl adjacent to an activating group) is 1. The van der Waals surface area contributed by atoms with Crippen LogP contribution in [0.15, 0.2) is 64.4 Å². The highest BCUT2D eigenvalue weighted by Gasteiger charge is 2.18. The monoisotopic (exact) mass is 370 g/mol. The summed E-state index contributed by atoms with van der Waals surface area (Å²) >= 11 is 1.68. The number of ether oxygens (including phenoxy) is 1. The van der Waals surface area contributed by atoms with Gasteiger partial charge < -0.3 is 19.4 Å². The SMILES string of the molecule is CN(C)[C@@H](CNC(=O)c1ccc(COc2ccccc2)o1)c1cccs1. The van der Waals surface area contributed by atoms with Crippen LogP contribution in [0.25, 0.3) is 0 Å². The van der Waals surface area contributed by atoms with Gasteiger partial charge in [0.15, 0.2) is 5.76 Å². The Bertz CT molecular complexity index is 813. The number of amides is 1. The van der Waals surface area contributed by atoms with Gasteiger partial charge in [0.2, 0.25) is 0 Å². The summed E-state index contributed by atoms with van der Waals surface area (Å²) in [7, 11) is 4.00. The van der Waals surface area contributed by atoms with Gasteiger partial charge in [-0.1, -0.05) is 24.3 Å². The molecule has 1 N–H and O–H groups in total. The number of rotatable bonds is 8. The van der Waals surface area contributed by atoms with Crippen LogP contribution in [0, 0.1) is 0 Å². The summed E-state index contributed by atoms with van der Waals surface area (Å²) < 4.78 is 11.2. The minimum Gasteiger partial charge on any atom is -0.486 e. The van der Waals surface area contributed by atoms with E-state index in [2.05, 4.69) is 16.3 Å². The second-order valence-electron chi connectivity index (χ2n) is 6.07. The summed E-state index contributed by atoms with van der Waals surface area (Å²) in [5.41, 5.74) is 0. The number of nitrogens with zero attached hydrogens (tertiary/aromatic N) is 1. The van der Waals surface area contributed by atoms with Crippen molar-refractivity contribution in [2.45, 2.75) is 12.6 Å². The highest BCUT2D eigenvalue weighted by atomic mass is 32.1. The molecule has 1 aromatic carbocycles. The number of benzene rings is 1. The first-order chi connectivity index (χ1) is 12.6. The van der Waals surface area contributed by atoms with Gasteiger partial charge in [-0.3, -0.25) is 4.79 Å². The molecule has 0 unspecified atom stereocenters. The number of thiophene rings is 1. The van der Waals surface area contributed by atoms with Crippen LogP contribution in [-0.4, -0.2) is 31.4 Å². The van der Waals surface area contributed by atoms with Crippen LogP contribution < -0.4 is 10.1 Å². The van der Waals surface area contributed by atoms with Gasteiger partial charge in [0.1, 0.15) is 18.1 Å². The van der Waals surface area contributed by atoms with Gasteiger partial charge in [-0.05, 0) is 49.8 Å². The van der Waals surface area contributed by atoms with Crippen molar-refractivity contribution in [1.29, 1.82) is 0 Å². The minimum atomic E-state index is -0.223. The number of carbonyl (C=O) groups is 1. The van der Waals surface area contributed by atoms with Crippen molar-refractivity contribution in [3.05, 3.63) is 76.4 Å². The Kier molecular flexibility index (Phi) is 6.09. The molecule has 0 aliphatic rings. The fourth-order valence-electron chi connectivity index (χ4n) is 2.54. The van der Waals surface area contributed by atoms with Crippen LogP contribution in [0.5, 0.6) is 5.75 Å². The van der Waals surface area contributed by atoms with Crippen molar-refractivity contribution in [1.82, 2.24) is 10.2 Å². The van der Waals surface area contributed by atoms with Crippen LogP contribution in [0.2, 0.25) is 0 Å². The first-order valence-electron chi connectivity index (χ1n) is 8.38. The van der Waals surface area contributed by atoms with Gasteiger partial charge in [-0.2, -0.15) is 0 Å². The summed E-state index contributed by atoms with van der Waals surface area (Å²) in [5, 5.41) is 4.99. The number of hydrogen-bond acceptors (Lipinski definition) is 5. The fourth-order valence-corrected chi connectivity index (χ4v) is 3.47. The molecule has 0 spiro atoms. The number of carbonyl (C=O) groups excluding carboxylic acids is 1. The number of nitrogens with one attached hydrogen (secondary N) is 1. The van der Waals surface area contributed by atoms with Gasteiger partial charge in [0.05, 0.1) is 6.04 Å². The van der Waals surface area contributed by atoms with Crippen molar-refractivity contribution in [3.63, 3.8) is 0 Å². The van der Waals surface area contributed by atoms with Crippen LogP contribution in [-0.2, 0) is 6.61 Å². The molecule has 1 atom stereocenters. The molecule has 2 aromatic heterocycles. The molecule has 0 aliphatic carbocycles. The Morgan fingerprint density at radius 2 is 1.96 bits per heavy atom. The maximum atomic E-state index is 12.4. The molecule has 0 aliphatic heterocycles. The Labute approximate surface area is 157 Å². The molecule has 3 rings (SSSR count). The van der Waals surface area contributed by atoms with Crippen LogP contribution >= 0.6 is 11.3 Å². The summed E-state index contributed by atoms with van der Waals surface area (Å²) in [4.78, 5) is 15.7. The highest BCUT2D eigenvalue weighted by Crippen LogP contribution is 2.22. The van der Waals surface area contributed by atoms with Gasteiger partial charge in [-0.15, -0.1) is 11.3 Å². The molecule has 136 valence electrons. The number of hydrogen-bond donors (Lipinski definition) is 1. The lowest BCUT2D eigenvalue weighted by atomic mass is 10.2. The molecule has 0 saturated heterocycles. The lowest BCUT2D eigenvalue weighted by Gasteiger charge is -2.23. The summed E-state index contributed by atoms with van der Waals surface area (Å²) in [5.74, 6) is 1.45. The van der Waals surface area contributed by atoms with E-state index in [1.54, 1.807) is 23.5 Å². The van der Waals surface area contributed by atoms with E-state index in [4.69, 9.17) is 9.15 Å². The van der Waals surface area contributed by atoms with Gasteiger partial charge >= 0.3 is 0 Å². The summed E-state index contributed by atoms with van der Waals surface area (Å²) in [6.07, 6.45) is 0. The Morgan fingerprint density at radius 1 is 1.15 bits per heavy atom. The van der Waals surface area contributed by atoms with E-state index < -0.39 is 0 Å². The van der Waals surface area contributed by atoms with Crippen molar-refractivity contribution in [2.75, 3.05) is 20.6 Å². The zero-order valence-electron chi connectivity index (χ0n) is 14.8. The first-order valence-corrected chi connectivity index (χ1v) is 9.26. The summed E-state index contributed by atoms with van der Waals surface area (Å²) in [6.45, 7) is 0.801. The van der Waals surface area contributed by atoms with Crippen LogP contribution in [0.3, 0.4) is 0 Å². The van der Waals surface area contributed by atoms with Crippen molar-refractivity contribution in [3.8, 4) is 5.75 Å². The van der Waals surface area contributed by atoms with E-state index in [1.165, 1.54) is 4.88 Å². The third-order valence-electron chi connectivity index (χ3n) is 3.96. The molecule has 1 amide bonds. The standard InChI is InChI=1S/C20H22N2O3S/c1-22(2)17(19-9-6-12-26-19)13-21-20(23)18-11-10-16(25-18)14-24-15-7-4-3-5-8-15/h3-12,17H,13-14H2,1-2H3,(H,21,23)/t17-/m0/s1. The predicted molar refractivity (Wildman–Crippen MR) is 103 cm³/mol. The maximum absolute atomic E-state index is 12.4. The van der Waals surface area contributed by atoms with E-state index in [-0.39, 0.29) is 18.6 Å². The molecule has 0 radical (unpaired) electrons.